The predicted octanol–water partition coefficient (Wildman–Crippen LogP) is 1.35. The number of hydrogen-bond acceptors (Lipinski definition) is 5. The van der Waals surface area contributed by atoms with Crippen molar-refractivity contribution in [3.05, 3.63) is 42.2 Å². The highest BCUT2D eigenvalue weighted by atomic mass is 16.5. The van der Waals surface area contributed by atoms with Gasteiger partial charge in [-0.05, 0) is 25.0 Å². The van der Waals surface area contributed by atoms with Gasteiger partial charge in [-0.3, -0.25) is 14.3 Å². The van der Waals surface area contributed by atoms with Crippen LogP contribution in [0.25, 0.3) is 0 Å². The largest absolute Gasteiger partial charge is 0.483 e. The number of rotatable bonds is 7. The molecule has 0 aliphatic carbocycles. The number of nitrogens with one attached hydrogen (secondary N) is 2. The molecule has 1 aromatic heterocycles. The Balaban J connectivity index is 1.54. The first-order valence-corrected chi connectivity index (χ1v) is 8.52. The van der Waals surface area contributed by atoms with Crippen molar-refractivity contribution in [1.82, 2.24) is 15.1 Å². The minimum absolute atomic E-state index is 0.0669. The van der Waals surface area contributed by atoms with Crippen LogP contribution in [0.3, 0.4) is 0 Å². The van der Waals surface area contributed by atoms with Crippen molar-refractivity contribution in [3.63, 3.8) is 0 Å². The fourth-order valence-corrected chi connectivity index (χ4v) is 2.71. The molecule has 2 amide bonds. The summed E-state index contributed by atoms with van der Waals surface area (Å²) >= 11 is 0. The van der Waals surface area contributed by atoms with Crippen LogP contribution < -0.4 is 15.4 Å². The lowest BCUT2D eigenvalue weighted by Gasteiger charge is -2.13. The average Bonchev–Trinajstić information content (AvgIpc) is 3.30. The van der Waals surface area contributed by atoms with Crippen LogP contribution >= 0.6 is 0 Å². The van der Waals surface area contributed by atoms with Crippen LogP contribution in [-0.4, -0.2) is 47.5 Å². The van der Waals surface area contributed by atoms with Gasteiger partial charge in [0.25, 0.3) is 11.8 Å². The van der Waals surface area contributed by atoms with E-state index in [9.17, 15) is 9.59 Å². The summed E-state index contributed by atoms with van der Waals surface area (Å²) in [4.78, 5) is 24.4. The number of aromatic nitrogens is 2. The van der Waals surface area contributed by atoms with Crippen LogP contribution in [0.1, 0.15) is 23.2 Å². The van der Waals surface area contributed by atoms with Crippen LogP contribution in [0.2, 0.25) is 0 Å². The molecule has 2 heterocycles. The van der Waals surface area contributed by atoms with Gasteiger partial charge in [-0.25, -0.2) is 0 Å². The number of hydrogen-bond donors (Lipinski definition) is 2. The molecule has 1 atom stereocenters. The Kier molecular flexibility index (Phi) is 5.85. The second kappa shape index (κ2) is 8.48. The van der Waals surface area contributed by atoms with Gasteiger partial charge >= 0.3 is 0 Å². The summed E-state index contributed by atoms with van der Waals surface area (Å²) in [6.07, 6.45) is 5.27. The standard InChI is InChI=1S/C18H22N4O4/c1-22-11-13(9-20-22)21-17(23)12-26-16-7-3-2-6-15(16)18(24)19-10-14-5-4-8-25-14/h2-3,6-7,9,11,14H,4-5,8,10,12H2,1H3,(H,19,24)(H,21,23)/t14-/m1/s1. The van der Waals surface area contributed by atoms with Gasteiger partial charge in [0.05, 0.1) is 23.6 Å². The first kappa shape index (κ1) is 17.9. The molecular weight excluding hydrogens is 336 g/mol. The van der Waals surface area contributed by atoms with Crippen molar-refractivity contribution in [1.29, 1.82) is 0 Å². The SMILES string of the molecule is Cn1cc(NC(=O)COc2ccccc2C(=O)NC[C@H]2CCCO2)cn1. The molecule has 8 nitrogen and oxygen atoms in total. The fourth-order valence-electron chi connectivity index (χ4n) is 2.71. The molecule has 26 heavy (non-hydrogen) atoms. The Morgan fingerprint density at radius 2 is 2.23 bits per heavy atom. The molecule has 0 spiro atoms. The summed E-state index contributed by atoms with van der Waals surface area (Å²) in [6.45, 7) is 1.01. The molecule has 8 heteroatoms. The number of carbonyl (C=O) groups is 2. The molecule has 0 radical (unpaired) electrons. The van der Waals surface area contributed by atoms with E-state index in [1.54, 1.807) is 48.4 Å². The van der Waals surface area contributed by atoms with E-state index in [1.165, 1.54) is 0 Å². The van der Waals surface area contributed by atoms with E-state index in [1.807, 2.05) is 0 Å². The molecule has 2 aromatic rings. The summed E-state index contributed by atoms with van der Waals surface area (Å²) in [5.41, 5.74) is 0.975. The zero-order valence-electron chi connectivity index (χ0n) is 14.6. The van der Waals surface area contributed by atoms with Crippen molar-refractivity contribution in [3.8, 4) is 5.75 Å². The van der Waals surface area contributed by atoms with E-state index in [0.717, 1.165) is 19.4 Å². The number of anilines is 1. The monoisotopic (exact) mass is 358 g/mol. The fraction of sp³-hybridized carbons (Fsp3) is 0.389. The maximum atomic E-state index is 12.4. The Hall–Kier alpha value is -2.87. The number of para-hydroxylation sites is 1. The lowest BCUT2D eigenvalue weighted by atomic mass is 10.1. The summed E-state index contributed by atoms with van der Waals surface area (Å²) in [5, 5.41) is 9.51. The van der Waals surface area contributed by atoms with Gasteiger partial charge in [0.15, 0.2) is 6.61 Å². The van der Waals surface area contributed by atoms with E-state index in [0.29, 0.717) is 23.5 Å². The third kappa shape index (κ3) is 4.82. The topological polar surface area (TPSA) is 94.5 Å². The van der Waals surface area contributed by atoms with Crippen LogP contribution in [0, 0.1) is 0 Å². The molecule has 0 bridgehead atoms. The number of amides is 2. The Morgan fingerprint density at radius 1 is 1.38 bits per heavy atom. The van der Waals surface area contributed by atoms with Gasteiger partial charge in [-0.1, -0.05) is 12.1 Å². The van der Waals surface area contributed by atoms with E-state index in [2.05, 4.69) is 15.7 Å². The third-order valence-electron chi connectivity index (χ3n) is 3.99. The van der Waals surface area contributed by atoms with Crippen molar-refractivity contribution in [2.75, 3.05) is 25.1 Å². The second-order valence-electron chi connectivity index (χ2n) is 6.08. The maximum absolute atomic E-state index is 12.4. The molecule has 1 aliphatic heterocycles. The van der Waals surface area contributed by atoms with E-state index in [-0.39, 0.29) is 24.5 Å². The highest BCUT2D eigenvalue weighted by molar-refractivity contribution is 5.97. The molecule has 138 valence electrons. The molecule has 3 rings (SSSR count). The van der Waals surface area contributed by atoms with Gasteiger partial charge < -0.3 is 20.1 Å². The number of nitrogens with zero attached hydrogens (tertiary/aromatic N) is 2. The molecular formula is C18H22N4O4. The minimum atomic E-state index is -0.326. The number of aryl methyl sites for hydroxylation is 1. The highest BCUT2D eigenvalue weighted by Gasteiger charge is 2.18. The summed E-state index contributed by atoms with van der Waals surface area (Å²) in [5.74, 6) is -0.213. The normalized spacial score (nSPS) is 16.3. The molecule has 0 saturated carbocycles. The van der Waals surface area contributed by atoms with Gasteiger partial charge in [0.2, 0.25) is 0 Å². The predicted molar refractivity (Wildman–Crippen MR) is 95.1 cm³/mol. The van der Waals surface area contributed by atoms with E-state index >= 15 is 0 Å². The van der Waals surface area contributed by atoms with Crippen LogP contribution in [-0.2, 0) is 16.6 Å². The lowest BCUT2D eigenvalue weighted by Crippen LogP contribution is -2.32. The molecule has 2 N–H and O–H groups in total. The molecule has 1 aliphatic rings. The first-order chi connectivity index (χ1) is 12.6. The molecule has 1 fully saturated rings. The van der Waals surface area contributed by atoms with Gasteiger partial charge in [0, 0.05) is 26.4 Å². The van der Waals surface area contributed by atoms with Crippen LogP contribution in [0.5, 0.6) is 5.75 Å². The summed E-state index contributed by atoms with van der Waals surface area (Å²) in [6, 6.07) is 6.84. The minimum Gasteiger partial charge on any atom is -0.483 e. The second-order valence-corrected chi connectivity index (χ2v) is 6.08. The highest BCUT2D eigenvalue weighted by Crippen LogP contribution is 2.18. The van der Waals surface area contributed by atoms with Crippen molar-refractivity contribution < 1.29 is 19.1 Å². The number of ether oxygens (including phenoxy) is 2. The summed E-state index contributed by atoms with van der Waals surface area (Å²) in [7, 11) is 1.76. The molecule has 1 saturated heterocycles. The Labute approximate surface area is 151 Å². The third-order valence-corrected chi connectivity index (χ3v) is 3.99. The zero-order chi connectivity index (χ0) is 18.4. The van der Waals surface area contributed by atoms with Crippen LogP contribution in [0.4, 0.5) is 5.69 Å². The zero-order valence-corrected chi connectivity index (χ0v) is 14.6. The molecule has 0 unspecified atom stereocenters. The Bertz CT molecular complexity index is 768. The van der Waals surface area contributed by atoms with Crippen molar-refractivity contribution >= 4 is 17.5 Å². The van der Waals surface area contributed by atoms with E-state index < -0.39 is 0 Å². The van der Waals surface area contributed by atoms with Crippen molar-refractivity contribution in [2.45, 2.75) is 18.9 Å². The number of carbonyl (C=O) groups excluding carboxylic acids is 2. The van der Waals surface area contributed by atoms with E-state index in [4.69, 9.17) is 9.47 Å². The smallest absolute Gasteiger partial charge is 0.262 e. The average molecular weight is 358 g/mol. The molecule has 1 aromatic carbocycles. The number of benzene rings is 1. The van der Waals surface area contributed by atoms with Crippen molar-refractivity contribution in [2.24, 2.45) is 7.05 Å². The van der Waals surface area contributed by atoms with Crippen LogP contribution in [0.15, 0.2) is 36.7 Å². The summed E-state index contributed by atoms with van der Waals surface area (Å²) < 4.78 is 12.6. The van der Waals surface area contributed by atoms with Gasteiger partial charge in [0.1, 0.15) is 5.75 Å². The van der Waals surface area contributed by atoms with Gasteiger partial charge in [-0.15, -0.1) is 0 Å². The van der Waals surface area contributed by atoms with Gasteiger partial charge in [-0.2, -0.15) is 5.10 Å². The Morgan fingerprint density at radius 3 is 2.96 bits per heavy atom. The lowest BCUT2D eigenvalue weighted by molar-refractivity contribution is -0.118. The quantitative estimate of drug-likeness (QED) is 0.779. The maximum Gasteiger partial charge on any atom is 0.262 e. The first-order valence-electron chi connectivity index (χ1n) is 8.52.